The van der Waals surface area contributed by atoms with E-state index in [1.165, 1.54) is 37.3 Å². The molecule has 3 heterocycles. The lowest BCUT2D eigenvalue weighted by molar-refractivity contribution is 0.0321. The molecule has 0 spiro atoms. The molecular formula is C18H29N3O. The first-order valence-electron chi connectivity index (χ1n) is 8.74. The highest BCUT2D eigenvalue weighted by atomic mass is 16.5. The maximum absolute atomic E-state index is 5.47. The molecule has 0 bridgehead atoms. The second kappa shape index (κ2) is 7.42. The molecule has 1 aromatic rings. The van der Waals surface area contributed by atoms with Crippen molar-refractivity contribution in [2.75, 3.05) is 44.3 Å². The molecule has 2 fully saturated rings. The fraction of sp³-hybridized carbons (Fsp3) is 0.722. The zero-order valence-corrected chi connectivity index (χ0v) is 14.0. The van der Waals surface area contributed by atoms with E-state index in [0.717, 1.165) is 38.8 Å². The number of aromatic nitrogens is 1. The lowest BCUT2D eigenvalue weighted by atomic mass is 10.1. The first kappa shape index (κ1) is 15.8. The van der Waals surface area contributed by atoms with Gasteiger partial charge >= 0.3 is 0 Å². The summed E-state index contributed by atoms with van der Waals surface area (Å²) >= 11 is 0. The van der Waals surface area contributed by atoms with E-state index in [-0.39, 0.29) is 0 Å². The van der Waals surface area contributed by atoms with E-state index in [4.69, 9.17) is 4.74 Å². The Morgan fingerprint density at radius 2 is 1.86 bits per heavy atom. The van der Waals surface area contributed by atoms with Crippen molar-refractivity contribution in [1.29, 1.82) is 0 Å². The van der Waals surface area contributed by atoms with Gasteiger partial charge in [0.2, 0.25) is 0 Å². The molecule has 0 aliphatic carbocycles. The van der Waals surface area contributed by atoms with E-state index in [1.54, 1.807) is 0 Å². The third-order valence-corrected chi connectivity index (χ3v) is 4.81. The summed E-state index contributed by atoms with van der Waals surface area (Å²) in [6, 6.07) is 5.18. The zero-order valence-electron chi connectivity index (χ0n) is 14.0. The molecule has 0 saturated carbocycles. The standard InChI is InChI=1S/C18H29N3O/c1-15(2)13-16-3-4-18(14-19-16)21-9-7-20(8-10-21)17-5-11-22-12-6-17/h3-4,14-15,17H,5-13H2,1-2H3. The van der Waals surface area contributed by atoms with Gasteiger partial charge in [-0.25, -0.2) is 0 Å². The van der Waals surface area contributed by atoms with Crippen LogP contribution >= 0.6 is 0 Å². The smallest absolute Gasteiger partial charge is 0.0553 e. The predicted molar refractivity (Wildman–Crippen MR) is 90.4 cm³/mol. The van der Waals surface area contributed by atoms with Gasteiger partial charge in [0.1, 0.15) is 0 Å². The summed E-state index contributed by atoms with van der Waals surface area (Å²) in [5.41, 5.74) is 2.48. The minimum absolute atomic E-state index is 0.668. The predicted octanol–water partition coefficient (Wildman–Crippen LogP) is 2.58. The monoisotopic (exact) mass is 303 g/mol. The van der Waals surface area contributed by atoms with E-state index < -0.39 is 0 Å². The van der Waals surface area contributed by atoms with E-state index in [9.17, 15) is 0 Å². The molecule has 0 aromatic carbocycles. The fourth-order valence-corrected chi connectivity index (χ4v) is 3.54. The molecule has 4 heteroatoms. The Morgan fingerprint density at radius 1 is 1.14 bits per heavy atom. The van der Waals surface area contributed by atoms with Crippen LogP contribution in [0.2, 0.25) is 0 Å². The third-order valence-electron chi connectivity index (χ3n) is 4.81. The quantitative estimate of drug-likeness (QED) is 0.855. The van der Waals surface area contributed by atoms with Crippen molar-refractivity contribution in [3.05, 3.63) is 24.0 Å². The van der Waals surface area contributed by atoms with Crippen LogP contribution in [0.25, 0.3) is 0 Å². The lowest BCUT2D eigenvalue weighted by Crippen LogP contribution is -2.51. The van der Waals surface area contributed by atoms with Crippen LogP contribution in [0, 0.1) is 5.92 Å². The zero-order chi connectivity index (χ0) is 15.4. The van der Waals surface area contributed by atoms with Gasteiger partial charge in [0.05, 0.1) is 11.9 Å². The molecule has 0 radical (unpaired) electrons. The molecule has 3 rings (SSSR count). The number of anilines is 1. The second-order valence-corrected chi connectivity index (χ2v) is 6.97. The van der Waals surface area contributed by atoms with Crippen molar-refractivity contribution >= 4 is 5.69 Å². The van der Waals surface area contributed by atoms with Crippen molar-refractivity contribution < 1.29 is 4.74 Å². The third kappa shape index (κ3) is 3.99. The SMILES string of the molecule is CC(C)Cc1ccc(N2CCN(C3CCOCC3)CC2)cn1. The number of hydrogen-bond acceptors (Lipinski definition) is 4. The topological polar surface area (TPSA) is 28.6 Å². The highest BCUT2D eigenvalue weighted by Crippen LogP contribution is 2.20. The Bertz CT molecular complexity index is 446. The molecule has 22 heavy (non-hydrogen) atoms. The largest absolute Gasteiger partial charge is 0.381 e. The average molecular weight is 303 g/mol. The van der Waals surface area contributed by atoms with E-state index >= 15 is 0 Å². The van der Waals surface area contributed by atoms with Crippen molar-refractivity contribution in [1.82, 2.24) is 9.88 Å². The van der Waals surface area contributed by atoms with Crippen LogP contribution in [0.1, 0.15) is 32.4 Å². The molecule has 2 aliphatic heterocycles. The van der Waals surface area contributed by atoms with Gasteiger partial charge in [-0.1, -0.05) is 13.8 Å². The lowest BCUT2D eigenvalue weighted by Gasteiger charge is -2.41. The van der Waals surface area contributed by atoms with Crippen molar-refractivity contribution in [2.24, 2.45) is 5.92 Å². The maximum atomic E-state index is 5.47. The normalized spacial score (nSPS) is 21.5. The molecule has 0 atom stereocenters. The van der Waals surface area contributed by atoms with Gasteiger partial charge in [-0.05, 0) is 37.3 Å². The summed E-state index contributed by atoms with van der Waals surface area (Å²) in [6.07, 6.45) is 5.52. The van der Waals surface area contributed by atoms with E-state index in [0.29, 0.717) is 5.92 Å². The molecule has 4 nitrogen and oxygen atoms in total. The van der Waals surface area contributed by atoms with Gasteiger partial charge in [-0.3, -0.25) is 9.88 Å². The Kier molecular flexibility index (Phi) is 5.32. The Hall–Kier alpha value is -1.13. The van der Waals surface area contributed by atoms with Crippen LogP contribution in [0.3, 0.4) is 0 Å². The maximum Gasteiger partial charge on any atom is 0.0553 e. The molecule has 0 amide bonds. The molecule has 1 aromatic heterocycles. The van der Waals surface area contributed by atoms with Gasteiger partial charge in [0.15, 0.2) is 0 Å². The Labute approximate surface area is 134 Å². The Balaban J connectivity index is 1.52. The fourth-order valence-electron chi connectivity index (χ4n) is 3.54. The number of piperazine rings is 1. The van der Waals surface area contributed by atoms with Crippen molar-refractivity contribution in [3.63, 3.8) is 0 Å². The van der Waals surface area contributed by atoms with E-state index in [1.807, 2.05) is 0 Å². The first-order chi connectivity index (χ1) is 10.7. The van der Waals surface area contributed by atoms with Gasteiger partial charge in [-0.15, -0.1) is 0 Å². The van der Waals surface area contributed by atoms with Crippen LogP contribution in [-0.4, -0.2) is 55.3 Å². The molecule has 0 unspecified atom stereocenters. The summed E-state index contributed by atoms with van der Waals surface area (Å²) in [4.78, 5) is 9.76. The van der Waals surface area contributed by atoms with Gasteiger partial charge < -0.3 is 9.64 Å². The minimum Gasteiger partial charge on any atom is -0.381 e. The number of ether oxygens (including phenoxy) is 1. The van der Waals surface area contributed by atoms with Crippen LogP contribution in [0.15, 0.2) is 18.3 Å². The first-order valence-corrected chi connectivity index (χ1v) is 8.74. The summed E-state index contributed by atoms with van der Waals surface area (Å²) in [7, 11) is 0. The molecule has 2 aliphatic rings. The minimum atomic E-state index is 0.668. The van der Waals surface area contributed by atoms with Gasteiger partial charge in [0, 0.05) is 51.1 Å². The van der Waals surface area contributed by atoms with Crippen molar-refractivity contribution in [3.8, 4) is 0 Å². The highest BCUT2D eigenvalue weighted by molar-refractivity contribution is 5.45. The highest BCUT2D eigenvalue weighted by Gasteiger charge is 2.25. The number of nitrogens with zero attached hydrogens (tertiary/aromatic N) is 3. The number of pyridine rings is 1. The average Bonchev–Trinajstić information content (AvgIpc) is 2.56. The van der Waals surface area contributed by atoms with Gasteiger partial charge in [-0.2, -0.15) is 0 Å². The van der Waals surface area contributed by atoms with Gasteiger partial charge in [0.25, 0.3) is 0 Å². The summed E-state index contributed by atoms with van der Waals surface area (Å²) in [5.74, 6) is 0.668. The molecule has 122 valence electrons. The number of rotatable bonds is 4. The number of hydrogen-bond donors (Lipinski definition) is 0. The summed E-state index contributed by atoms with van der Waals surface area (Å²) in [6.45, 7) is 10.9. The molecule has 2 saturated heterocycles. The summed E-state index contributed by atoms with van der Waals surface area (Å²) < 4.78 is 5.47. The van der Waals surface area contributed by atoms with Crippen LogP contribution < -0.4 is 4.90 Å². The molecular weight excluding hydrogens is 274 g/mol. The molecule has 0 N–H and O–H groups in total. The summed E-state index contributed by atoms with van der Waals surface area (Å²) in [5, 5.41) is 0. The van der Waals surface area contributed by atoms with Crippen LogP contribution in [-0.2, 0) is 11.2 Å². The second-order valence-electron chi connectivity index (χ2n) is 6.97. The van der Waals surface area contributed by atoms with Crippen LogP contribution in [0.5, 0.6) is 0 Å². The Morgan fingerprint density at radius 3 is 2.45 bits per heavy atom. The van der Waals surface area contributed by atoms with Crippen molar-refractivity contribution in [2.45, 2.75) is 39.2 Å². The van der Waals surface area contributed by atoms with E-state index in [2.05, 4.69) is 47.0 Å². The van der Waals surface area contributed by atoms with Crippen LogP contribution in [0.4, 0.5) is 5.69 Å².